The second-order valence-electron chi connectivity index (χ2n) is 8.04. The molecule has 0 bridgehead atoms. The first kappa shape index (κ1) is 19.6. The van der Waals surface area contributed by atoms with Crippen molar-refractivity contribution in [2.45, 2.75) is 12.8 Å². The molecule has 160 valence electrons. The maximum absolute atomic E-state index is 12.8. The van der Waals surface area contributed by atoms with Gasteiger partial charge in [0, 0.05) is 31.6 Å². The summed E-state index contributed by atoms with van der Waals surface area (Å²) < 4.78 is 5.23. The van der Waals surface area contributed by atoms with Gasteiger partial charge in [0.05, 0.1) is 34.8 Å². The Labute approximate surface area is 181 Å². The van der Waals surface area contributed by atoms with Gasteiger partial charge in [-0.2, -0.15) is 5.10 Å². The fraction of sp³-hybridized carbons (Fsp3) is 0.333. The van der Waals surface area contributed by atoms with Crippen LogP contribution in [0.15, 0.2) is 54.3 Å². The maximum Gasteiger partial charge on any atom is 0.234 e. The number of allylic oxidation sites excluding steroid dienone is 5. The number of nitrogens with one attached hydrogen (secondary N) is 3. The average molecular weight is 418 g/mol. The van der Waals surface area contributed by atoms with Crippen molar-refractivity contribution in [2.75, 3.05) is 43.0 Å². The van der Waals surface area contributed by atoms with Crippen molar-refractivity contribution in [3.63, 3.8) is 0 Å². The number of H-pyrrole nitrogens is 1. The van der Waals surface area contributed by atoms with E-state index in [0.29, 0.717) is 6.61 Å². The van der Waals surface area contributed by atoms with Crippen LogP contribution in [0.4, 0.5) is 11.4 Å². The summed E-state index contributed by atoms with van der Waals surface area (Å²) in [5.74, 6) is -0.317. The summed E-state index contributed by atoms with van der Waals surface area (Å²) in [7, 11) is 0. The Morgan fingerprint density at radius 1 is 1.23 bits per heavy atom. The fourth-order valence-electron chi connectivity index (χ4n) is 4.15. The van der Waals surface area contributed by atoms with Crippen molar-refractivity contribution in [3.05, 3.63) is 60.0 Å². The van der Waals surface area contributed by atoms with Crippen LogP contribution in [0.5, 0.6) is 0 Å². The Bertz CT molecular complexity index is 1090. The molecule has 1 saturated heterocycles. The summed E-state index contributed by atoms with van der Waals surface area (Å²) in [6.07, 6.45) is 16.3. The van der Waals surface area contributed by atoms with Crippen LogP contribution in [0.3, 0.4) is 0 Å². The van der Waals surface area contributed by atoms with Crippen molar-refractivity contribution >= 4 is 34.3 Å². The predicted octanol–water partition coefficient (Wildman–Crippen LogP) is 3.36. The molecule has 1 aliphatic carbocycles. The van der Waals surface area contributed by atoms with Crippen molar-refractivity contribution in [2.24, 2.45) is 5.92 Å². The van der Waals surface area contributed by atoms with Gasteiger partial charge in [-0.25, -0.2) is 0 Å². The Hall–Kier alpha value is -3.32. The molecule has 1 fully saturated rings. The van der Waals surface area contributed by atoms with Gasteiger partial charge in [-0.3, -0.25) is 9.89 Å². The standard InChI is InChI=1S/C24H27N5O2/c30-24(18-8-13-31-16-18)26-22-14-19-20(7-6-17-4-2-1-3-5-17)27-28-21(19)15-23(22)29-11-9-25-10-12-29/h2,4-8,13-15,18,25H,1,3,9-12,16H2,(H,26,30)(H,27,28)/b7-6+. The molecule has 2 aliphatic heterocycles. The molecule has 1 aromatic heterocycles. The molecule has 1 amide bonds. The van der Waals surface area contributed by atoms with E-state index in [9.17, 15) is 4.79 Å². The molecule has 5 rings (SSSR count). The quantitative estimate of drug-likeness (QED) is 0.695. The van der Waals surface area contributed by atoms with E-state index in [0.717, 1.165) is 67.0 Å². The van der Waals surface area contributed by atoms with Crippen LogP contribution in [0.2, 0.25) is 0 Å². The van der Waals surface area contributed by atoms with Crippen molar-refractivity contribution < 1.29 is 9.53 Å². The monoisotopic (exact) mass is 417 g/mol. The van der Waals surface area contributed by atoms with E-state index in [2.05, 4.69) is 56.1 Å². The number of benzene rings is 1. The molecule has 31 heavy (non-hydrogen) atoms. The van der Waals surface area contributed by atoms with Crippen molar-refractivity contribution in [3.8, 4) is 0 Å². The number of carbonyl (C=O) groups is 1. The van der Waals surface area contributed by atoms with E-state index in [-0.39, 0.29) is 11.8 Å². The molecular weight excluding hydrogens is 390 g/mol. The molecule has 1 unspecified atom stereocenters. The third-order valence-electron chi connectivity index (χ3n) is 5.90. The fourth-order valence-corrected chi connectivity index (χ4v) is 4.15. The zero-order valence-corrected chi connectivity index (χ0v) is 17.4. The molecule has 3 heterocycles. The number of hydrogen-bond donors (Lipinski definition) is 3. The minimum absolute atomic E-state index is 0.0532. The molecule has 0 spiro atoms. The highest BCUT2D eigenvalue weighted by atomic mass is 16.5. The number of ether oxygens (including phenoxy) is 1. The van der Waals surface area contributed by atoms with Crippen molar-refractivity contribution in [1.29, 1.82) is 0 Å². The lowest BCUT2D eigenvalue weighted by Crippen LogP contribution is -2.43. The summed E-state index contributed by atoms with van der Waals surface area (Å²) in [5, 5.41) is 15.2. The van der Waals surface area contributed by atoms with E-state index in [1.54, 1.807) is 12.3 Å². The molecule has 0 saturated carbocycles. The number of fused-ring (bicyclic) bond motifs is 1. The average Bonchev–Trinajstić information content (AvgIpc) is 3.49. The molecule has 2 aromatic rings. The first-order chi connectivity index (χ1) is 15.3. The number of nitrogens with zero attached hydrogens (tertiary/aromatic N) is 2. The number of piperazine rings is 1. The number of hydrogen-bond acceptors (Lipinski definition) is 5. The number of carbonyl (C=O) groups excluding carboxylic acids is 1. The summed E-state index contributed by atoms with van der Waals surface area (Å²) in [5.41, 5.74) is 4.85. The molecule has 3 N–H and O–H groups in total. The Morgan fingerprint density at radius 2 is 2.13 bits per heavy atom. The van der Waals surface area contributed by atoms with Gasteiger partial charge in [-0.05, 0) is 42.7 Å². The minimum atomic E-state index is -0.264. The minimum Gasteiger partial charge on any atom is -0.500 e. The third-order valence-corrected chi connectivity index (χ3v) is 5.90. The van der Waals surface area contributed by atoms with Gasteiger partial charge < -0.3 is 20.3 Å². The van der Waals surface area contributed by atoms with Crippen LogP contribution in [-0.2, 0) is 9.53 Å². The van der Waals surface area contributed by atoms with Gasteiger partial charge in [0.25, 0.3) is 0 Å². The number of aromatic amines is 1. The van der Waals surface area contributed by atoms with Crippen LogP contribution in [0, 0.1) is 5.92 Å². The SMILES string of the molecule is O=C(Nc1cc2c(/C=C/C3=CCCC=C3)n[nH]c2cc1N1CCNCC1)C1C=COC1. The van der Waals surface area contributed by atoms with Gasteiger partial charge in [0.15, 0.2) is 0 Å². The molecule has 7 heteroatoms. The number of aromatic nitrogens is 2. The van der Waals surface area contributed by atoms with E-state index in [4.69, 9.17) is 4.74 Å². The molecular formula is C24H27N5O2. The number of rotatable bonds is 5. The van der Waals surface area contributed by atoms with Gasteiger partial charge in [0.1, 0.15) is 6.61 Å². The van der Waals surface area contributed by atoms with Gasteiger partial charge in [0.2, 0.25) is 5.91 Å². The largest absolute Gasteiger partial charge is 0.500 e. The first-order valence-electron chi connectivity index (χ1n) is 10.9. The van der Waals surface area contributed by atoms with Gasteiger partial charge in [-0.15, -0.1) is 0 Å². The summed E-state index contributed by atoms with van der Waals surface area (Å²) in [6, 6.07) is 4.14. The number of anilines is 2. The van der Waals surface area contributed by atoms with Crippen molar-refractivity contribution in [1.82, 2.24) is 15.5 Å². The second kappa shape index (κ2) is 8.81. The van der Waals surface area contributed by atoms with Gasteiger partial charge >= 0.3 is 0 Å². The van der Waals surface area contributed by atoms with Gasteiger partial charge in [-0.1, -0.05) is 24.3 Å². The first-order valence-corrected chi connectivity index (χ1v) is 10.9. The summed E-state index contributed by atoms with van der Waals surface area (Å²) in [4.78, 5) is 15.1. The van der Waals surface area contributed by atoms with E-state index < -0.39 is 0 Å². The maximum atomic E-state index is 12.8. The summed E-state index contributed by atoms with van der Waals surface area (Å²) >= 11 is 0. The lowest BCUT2D eigenvalue weighted by molar-refractivity contribution is -0.119. The molecule has 1 atom stereocenters. The lowest BCUT2D eigenvalue weighted by Gasteiger charge is -2.31. The van der Waals surface area contributed by atoms with E-state index >= 15 is 0 Å². The van der Waals surface area contributed by atoms with E-state index in [1.165, 1.54) is 5.57 Å². The van der Waals surface area contributed by atoms with Crippen LogP contribution < -0.4 is 15.5 Å². The smallest absolute Gasteiger partial charge is 0.234 e. The molecule has 0 radical (unpaired) electrons. The zero-order chi connectivity index (χ0) is 21.0. The van der Waals surface area contributed by atoms with Crippen LogP contribution >= 0.6 is 0 Å². The normalized spacial score (nSPS) is 21.0. The van der Waals surface area contributed by atoms with E-state index in [1.807, 2.05) is 12.1 Å². The Morgan fingerprint density at radius 3 is 2.90 bits per heavy atom. The number of amides is 1. The van der Waals surface area contributed by atoms with Crippen LogP contribution in [0.1, 0.15) is 18.5 Å². The third kappa shape index (κ3) is 4.27. The highest BCUT2D eigenvalue weighted by Crippen LogP contribution is 2.33. The Kier molecular flexibility index (Phi) is 5.58. The Balaban J connectivity index is 1.49. The predicted molar refractivity (Wildman–Crippen MR) is 124 cm³/mol. The topological polar surface area (TPSA) is 82.3 Å². The van der Waals surface area contributed by atoms with Crippen LogP contribution in [0.25, 0.3) is 17.0 Å². The molecule has 7 nitrogen and oxygen atoms in total. The summed E-state index contributed by atoms with van der Waals surface area (Å²) in [6.45, 7) is 4.01. The second-order valence-corrected chi connectivity index (χ2v) is 8.04. The van der Waals surface area contributed by atoms with Crippen LogP contribution in [-0.4, -0.2) is 48.9 Å². The zero-order valence-electron chi connectivity index (χ0n) is 17.4. The molecule has 1 aromatic carbocycles. The highest BCUT2D eigenvalue weighted by molar-refractivity contribution is 6.02. The highest BCUT2D eigenvalue weighted by Gasteiger charge is 2.23. The molecule has 3 aliphatic rings. The lowest BCUT2D eigenvalue weighted by atomic mass is 10.1.